The molecule has 0 spiro atoms. The van der Waals surface area contributed by atoms with Gasteiger partial charge in [-0.25, -0.2) is 0 Å². The molecule has 2 aromatic rings. The number of carboxylic acids is 2. The number of nitrogens with two attached hydrogens (primary N) is 1. The van der Waals surface area contributed by atoms with Crippen molar-refractivity contribution in [2.75, 3.05) is 24.7 Å². The summed E-state index contributed by atoms with van der Waals surface area (Å²) in [5, 5.41) is 25.8. The predicted octanol–water partition coefficient (Wildman–Crippen LogP) is 0.456. The predicted molar refractivity (Wildman–Crippen MR) is 148 cm³/mol. The molecule has 15 heteroatoms. The number of carbonyl (C=O) groups is 5. The Kier molecular flexibility index (Phi) is 13.1. The second-order valence-electron chi connectivity index (χ2n) is 7.88. The maximum absolute atomic E-state index is 13.0. The van der Waals surface area contributed by atoms with Crippen molar-refractivity contribution in [2.24, 2.45) is 5.73 Å². The average molecular weight is 646 g/mol. The van der Waals surface area contributed by atoms with Crippen LogP contribution in [-0.2, 0) is 19.2 Å². The number of ether oxygens (including phenoxy) is 1. The van der Waals surface area contributed by atoms with E-state index in [9.17, 15) is 24.0 Å². The van der Waals surface area contributed by atoms with Gasteiger partial charge in [-0.3, -0.25) is 0 Å². The molecule has 0 bridgehead atoms. The van der Waals surface area contributed by atoms with Crippen LogP contribution in [0.3, 0.4) is 0 Å². The van der Waals surface area contributed by atoms with Crippen LogP contribution in [0.5, 0.6) is 5.75 Å². The van der Waals surface area contributed by atoms with Crippen molar-refractivity contribution in [1.29, 1.82) is 0 Å². The molecule has 0 aromatic heterocycles. The van der Waals surface area contributed by atoms with Crippen molar-refractivity contribution in [3.8, 4) is 5.75 Å². The van der Waals surface area contributed by atoms with E-state index in [1.807, 2.05) is 0 Å². The molecule has 12 nitrogen and oxygen atoms in total. The summed E-state index contributed by atoms with van der Waals surface area (Å²) in [6.45, 7) is -0.646. The first-order chi connectivity index (χ1) is 18.5. The van der Waals surface area contributed by atoms with Crippen molar-refractivity contribution < 1.29 is 38.9 Å². The summed E-state index contributed by atoms with van der Waals surface area (Å²) >= 11 is 5.42. The van der Waals surface area contributed by atoms with Crippen LogP contribution >= 0.6 is 21.8 Å². The van der Waals surface area contributed by atoms with Gasteiger partial charge in [-0.05, 0) is 0 Å². The molecular weight excluding hydrogens is 619 g/mol. The number of carbonyl (C=O) groups excluding carboxylic acids is 3. The van der Waals surface area contributed by atoms with E-state index in [0.29, 0.717) is 26.5 Å². The van der Waals surface area contributed by atoms with Crippen LogP contribution in [0.1, 0.15) is 23.2 Å². The van der Waals surface area contributed by atoms with Gasteiger partial charge in [0.05, 0.1) is 0 Å². The zero-order valence-corrected chi connectivity index (χ0v) is 23.9. The fourth-order valence-electron chi connectivity index (χ4n) is 2.98. The van der Waals surface area contributed by atoms with E-state index in [4.69, 9.17) is 32.3 Å². The van der Waals surface area contributed by atoms with Crippen LogP contribution in [0.4, 0.5) is 5.69 Å². The molecule has 0 aliphatic rings. The van der Waals surface area contributed by atoms with Gasteiger partial charge in [-0.2, -0.15) is 0 Å². The number of anilines is 1. The molecule has 0 radical (unpaired) electrons. The molecule has 2 atom stereocenters. The van der Waals surface area contributed by atoms with Gasteiger partial charge in [0.15, 0.2) is 0 Å². The number of methoxy groups -OCH3 is 1. The van der Waals surface area contributed by atoms with Crippen LogP contribution in [0.25, 0.3) is 0 Å². The zero-order chi connectivity index (χ0) is 28.9. The van der Waals surface area contributed by atoms with Crippen LogP contribution in [0.15, 0.2) is 42.5 Å². The van der Waals surface area contributed by atoms with Crippen molar-refractivity contribution in [1.82, 2.24) is 10.6 Å². The topological polar surface area (TPSA) is 197 Å². The summed E-state index contributed by atoms with van der Waals surface area (Å²) < 4.78 is 6.05. The maximum atomic E-state index is 13.0. The summed E-state index contributed by atoms with van der Waals surface area (Å²) in [4.78, 5) is 59.7. The zero-order valence-electron chi connectivity index (χ0n) is 20.6. The van der Waals surface area contributed by atoms with E-state index in [0.717, 1.165) is 0 Å². The summed E-state index contributed by atoms with van der Waals surface area (Å²) in [7, 11) is 2.72. The number of aliphatic carboxylic acids is 2. The quantitative estimate of drug-likeness (QED) is 0.148. The van der Waals surface area contributed by atoms with Gasteiger partial charge in [-0.15, -0.1) is 0 Å². The third kappa shape index (κ3) is 10.8. The second-order valence-corrected chi connectivity index (χ2v) is 12.4. The van der Waals surface area contributed by atoms with E-state index < -0.39 is 56.2 Å². The van der Waals surface area contributed by atoms with Gasteiger partial charge < -0.3 is 0 Å². The number of halogens is 1. The molecule has 3 amide bonds. The molecule has 0 aliphatic carbocycles. The second kappa shape index (κ2) is 16.0. The number of benzene rings is 2. The minimum atomic E-state index is -1.26. The van der Waals surface area contributed by atoms with Crippen LogP contribution in [0, 0.1) is 0 Å². The standard InChI is InChI=1S/C24H27ClN4O8SSe/c1-37-18-4-2-3-15(22(33)28-14-7-5-13(25)6-8-14)21(18)39-38-12-17(23(34)27-11-20(31)32)29-19(30)10-9-16(26)24(35)36/h2-8,16-17H,9-12,26H2,1H3,(H,27,34)(H,28,33)(H,29,30)(H,31,32)(H,35,36)/t16-,17-/m1/s1. The first kappa shape index (κ1) is 31.9. The first-order valence-corrected chi connectivity index (χ1v) is 15.6. The van der Waals surface area contributed by atoms with Crippen molar-refractivity contribution >= 4 is 75.4 Å². The third-order valence-corrected chi connectivity index (χ3v) is 9.52. The van der Waals surface area contributed by atoms with Gasteiger partial charge in [0.2, 0.25) is 0 Å². The van der Waals surface area contributed by atoms with Crippen molar-refractivity contribution in [2.45, 2.75) is 24.9 Å². The SMILES string of the molecule is COc1cccc(C(=O)Nc2ccc(Cl)cc2)c1[Se]SC[C@@H](NC(=O)CC[C@@H](N)C(=O)O)C(=O)NCC(=O)O. The molecule has 2 aromatic carbocycles. The van der Waals surface area contributed by atoms with Gasteiger partial charge in [0, 0.05) is 0 Å². The normalized spacial score (nSPS) is 12.1. The summed E-state index contributed by atoms with van der Waals surface area (Å²) in [6, 6.07) is 9.24. The van der Waals surface area contributed by atoms with Gasteiger partial charge >= 0.3 is 239 Å². The Bertz CT molecular complexity index is 1200. The van der Waals surface area contributed by atoms with E-state index in [-0.39, 0.29) is 24.5 Å². The fraction of sp³-hybridized carbons (Fsp3) is 0.292. The van der Waals surface area contributed by atoms with E-state index in [2.05, 4.69) is 16.0 Å². The van der Waals surface area contributed by atoms with Crippen LogP contribution in [-0.4, -0.2) is 85.2 Å². The van der Waals surface area contributed by atoms with E-state index in [1.54, 1.807) is 42.5 Å². The molecule has 0 saturated carbocycles. The monoisotopic (exact) mass is 646 g/mol. The van der Waals surface area contributed by atoms with Gasteiger partial charge in [-0.1, -0.05) is 0 Å². The molecule has 0 fully saturated rings. The van der Waals surface area contributed by atoms with E-state index >= 15 is 0 Å². The minimum absolute atomic E-state index is 0.0401. The molecule has 0 aliphatic heterocycles. The van der Waals surface area contributed by atoms with Crippen molar-refractivity contribution in [3.05, 3.63) is 53.1 Å². The molecular formula is C24H27ClN4O8SSe. The molecule has 0 unspecified atom stereocenters. The number of hydrogen-bond donors (Lipinski definition) is 6. The van der Waals surface area contributed by atoms with Gasteiger partial charge in [0.1, 0.15) is 0 Å². The molecule has 0 saturated heterocycles. The first-order valence-electron chi connectivity index (χ1n) is 11.3. The Morgan fingerprint density at radius 2 is 1.79 bits per heavy atom. The number of carboxylic acid groups (broad SMARTS) is 2. The fourth-order valence-corrected chi connectivity index (χ4v) is 7.60. The molecule has 0 heterocycles. The number of hydrogen-bond acceptors (Lipinski definition) is 8. The molecule has 7 N–H and O–H groups in total. The Hall–Kier alpha value is -3.29. The van der Waals surface area contributed by atoms with Crippen LogP contribution < -0.4 is 30.9 Å². The summed E-state index contributed by atoms with van der Waals surface area (Å²) in [5.41, 5.74) is 6.32. The Morgan fingerprint density at radius 3 is 2.41 bits per heavy atom. The molecule has 2 rings (SSSR count). The van der Waals surface area contributed by atoms with E-state index in [1.165, 1.54) is 17.3 Å². The Morgan fingerprint density at radius 1 is 1.10 bits per heavy atom. The van der Waals surface area contributed by atoms with Crippen LogP contribution in [0.2, 0.25) is 5.02 Å². The molecule has 39 heavy (non-hydrogen) atoms. The van der Waals surface area contributed by atoms with Gasteiger partial charge in [0.25, 0.3) is 0 Å². The number of nitrogens with one attached hydrogen (secondary N) is 3. The number of amides is 3. The summed E-state index contributed by atoms with van der Waals surface area (Å²) in [6.07, 6.45) is -0.386. The average Bonchev–Trinajstić information content (AvgIpc) is 2.90. The number of rotatable bonds is 15. The summed E-state index contributed by atoms with van der Waals surface area (Å²) in [5.74, 6) is -3.74. The Labute approximate surface area is 238 Å². The Balaban J connectivity index is 2.13. The van der Waals surface area contributed by atoms with Crippen molar-refractivity contribution in [3.63, 3.8) is 0 Å². The third-order valence-electron chi connectivity index (χ3n) is 4.99. The molecule has 210 valence electrons.